The van der Waals surface area contributed by atoms with Crippen LogP contribution in [-0.2, 0) is 0 Å². The van der Waals surface area contributed by atoms with Gasteiger partial charge in [0.1, 0.15) is 0 Å². The predicted molar refractivity (Wildman–Crippen MR) is 414 cm³/mol. The number of anilines is 12. The molecule has 6 nitrogen and oxygen atoms in total. The highest BCUT2D eigenvalue weighted by atomic mass is 15.2. The number of aryl methyl sites for hydroxylation is 2. The standard InChI is InChI=1S/C92H68N6/c1-65-31-35-69(36-32-65)89-61-73-63-92-74(64-91(73)97(89)85-55-51-83(52-56-85)95(87-41-39-67-19-15-17-21-71(67)59-87)81-47-43-79(44-48-81)93(75-23-7-3-8-24-75)76-25-9-4-10-26-76)62-90(70-37-33-66(2)34-38-70)98(92)86-57-53-84(54-58-86)96(88-42-40-68-20-16-18-22-72(68)60-88)82-49-45-80(46-50-82)94(77-27-11-5-12-28-77)78-29-13-6-14-30-78/h3-64H,1-2H3. The topological polar surface area (TPSA) is 22.8 Å². The molecule has 17 aromatic rings. The summed E-state index contributed by atoms with van der Waals surface area (Å²) in [6.07, 6.45) is 0. The Labute approximate surface area is 571 Å². The van der Waals surface area contributed by atoms with Gasteiger partial charge in [-0.3, -0.25) is 0 Å². The van der Waals surface area contributed by atoms with Gasteiger partial charge in [0.2, 0.25) is 0 Å². The zero-order chi connectivity index (χ0) is 65.5. The summed E-state index contributed by atoms with van der Waals surface area (Å²) in [5, 5.41) is 7.06. The quantitative estimate of drug-likeness (QED) is 0.0962. The zero-order valence-corrected chi connectivity index (χ0v) is 54.5. The normalized spacial score (nSPS) is 11.4. The number of aromatic nitrogens is 2. The van der Waals surface area contributed by atoms with Crippen molar-refractivity contribution < 1.29 is 0 Å². The monoisotopic (exact) mass is 1260 g/mol. The minimum absolute atomic E-state index is 1.05. The van der Waals surface area contributed by atoms with Crippen LogP contribution in [0.4, 0.5) is 68.2 Å². The van der Waals surface area contributed by atoms with Crippen LogP contribution in [0.25, 0.3) is 77.2 Å². The number of rotatable bonds is 16. The van der Waals surface area contributed by atoms with Gasteiger partial charge in [-0.2, -0.15) is 0 Å². The van der Waals surface area contributed by atoms with E-state index < -0.39 is 0 Å². The van der Waals surface area contributed by atoms with E-state index in [0.717, 1.165) is 124 Å². The maximum Gasteiger partial charge on any atom is 0.0542 e. The summed E-state index contributed by atoms with van der Waals surface area (Å²) in [5.41, 5.74) is 24.3. The van der Waals surface area contributed by atoms with Crippen LogP contribution >= 0.6 is 0 Å². The molecular weight excluding hydrogens is 1190 g/mol. The Morgan fingerprint density at radius 3 is 0.735 bits per heavy atom. The number of nitrogens with zero attached hydrogens (tertiary/aromatic N) is 6. The van der Waals surface area contributed by atoms with Crippen LogP contribution < -0.4 is 19.6 Å². The molecule has 0 aliphatic carbocycles. The summed E-state index contributed by atoms with van der Waals surface area (Å²) in [7, 11) is 0. The molecule has 2 aromatic heterocycles. The number of hydrogen-bond donors (Lipinski definition) is 0. The zero-order valence-electron chi connectivity index (χ0n) is 54.5. The summed E-state index contributed by atoms with van der Waals surface area (Å²) in [6, 6.07) is 137. The molecule has 0 radical (unpaired) electrons. The molecule has 0 unspecified atom stereocenters. The van der Waals surface area contributed by atoms with Gasteiger partial charge in [0, 0.05) is 90.4 Å². The van der Waals surface area contributed by atoms with Crippen molar-refractivity contribution in [1.29, 1.82) is 0 Å². The first-order valence-electron chi connectivity index (χ1n) is 33.5. The SMILES string of the molecule is Cc1ccc(-c2cc3cc4c(cc(-c5ccc(C)cc5)n4-c4ccc(N(c5ccc(N(c6ccccc6)c6ccccc6)cc5)c5ccc6ccccc6c5)cc4)cc3n2-c2ccc(N(c3ccc(N(c4ccccc4)c4ccccc4)cc3)c3ccc4ccccc4c3)cc2)cc1. The molecule has 0 spiro atoms. The smallest absolute Gasteiger partial charge is 0.0542 e. The first-order chi connectivity index (χ1) is 48.4. The Balaban J connectivity index is 0.775. The van der Waals surface area contributed by atoms with Crippen molar-refractivity contribution >= 4 is 112 Å². The molecule has 0 atom stereocenters. The molecule has 15 aromatic carbocycles. The molecule has 0 saturated heterocycles. The second-order valence-electron chi connectivity index (χ2n) is 25.2. The lowest BCUT2D eigenvalue weighted by molar-refractivity contribution is 1.13. The van der Waals surface area contributed by atoms with Crippen LogP contribution in [0.1, 0.15) is 11.1 Å². The van der Waals surface area contributed by atoms with Gasteiger partial charge in [-0.1, -0.05) is 193 Å². The maximum absolute atomic E-state index is 2.45. The fourth-order valence-electron chi connectivity index (χ4n) is 14.1. The van der Waals surface area contributed by atoms with E-state index in [1.807, 2.05) is 0 Å². The van der Waals surface area contributed by atoms with Gasteiger partial charge in [0.25, 0.3) is 0 Å². The molecule has 0 aliphatic heterocycles. The molecule has 2 heterocycles. The number of hydrogen-bond acceptors (Lipinski definition) is 4. The number of para-hydroxylation sites is 4. The van der Waals surface area contributed by atoms with Crippen LogP contribution in [0.15, 0.2) is 376 Å². The molecule has 0 saturated carbocycles. The van der Waals surface area contributed by atoms with Crippen molar-refractivity contribution in [1.82, 2.24) is 9.13 Å². The van der Waals surface area contributed by atoms with Gasteiger partial charge >= 0.3 is 0 Å². The average molecular weight is 1260 g/mol. The van der Waals surface area contributed by atoms with Crippen LogP contribution in [-0.4, -0.2) is 9.13 Å². The molecule has 17 rings (SSSR count). The van der Waals surface area contributed by atoms with Gasteiger partial charge in [0.15, 0.2) is 0 Å². The fourth-order valence-corrected chi connectivity index (χ4v) is 14.1. The van der Waals surface area contributed by atoms with Crippen molar-refractivity contribution in [2.45, 2.75) is 13.8 Å². The van der Waals surface area contributed by atoms with Gasteiger partial charge in [0.05, 0.1) is 22.4 Å². The Morgan fingerprint density at radius 1 is 0.184 bits per heavy atom. The van der Waals surface area contributed by atoms with E-state index in [9.17, 15) is 0 Å². The highest BCUT2D eigenvalue weighted by Crippen LogP contribution is 2.45. The second kappa shape index (κ2) is 25.4. The molecule has 98 heavy (non-hydrogen) atoms. The average Bonchev–Trinajstić information content (AvgIpc) is 1.58. The predicted octanol–water partition coefficient (Wildman–Crippen LogP) is 25.7. The van der Waals surface area contributed by atoms with Gasteiger partial charge in [-0.05, 0) is 241 Å². The molecule has 0 N–H and O–H groups in total. The third-order valence-electron chi connectivity index (χ3n) is 18.9. The van der Waals surface area contributed by atoms with Crippen LogP contribution in [0.2, 0.25) is 0 Å². The minimum atomic E-state index is 1.05. The van der Waals surface area contributed by atoms with E-state index in [-0.39, 0.29) is 0 Å². The Hall–Kier alpha value is -12.9. The minimum Gasteiger partial charge on any atom is -0.311 e. The first kappa shape index (κ1) is 58.9. The highest BCUT2D eigenvalue weighted by molar-refractivity contribution is 6.03. The largest absolute Gasteiger partial charge is 0.311 e. The third-order valence-corrected chi connectivity index (χ3v) is 18.9. The lowest BCUT2D eigenvalue weighted by atomic mass is 10.1. The highest BCUT2D eigenvalue weighted by Gasteiger charge is 2.23. The van der Waals surface area contributed by atoms with Crippen molar-refractivity contribution in [3.63, 3.8) is 0 Å². The Morgan fingerprint density at radius 2 is 0.429 bits per heavy atom. The van der Waals surface area contributed by atoms with Crippen molar-refractivity contribution in [2.75, 3.05) is 19.6 Å². The molecule has 0 amide bonds. The molecule has 0 bridgehead atoms. The van der Waals surface area contributed by atoms with E-state index in [0.29, 0.717) is 0 Å². The van der Waals surface area contributed by atoms with E-state index >= 15 is 0 Å². The molecule has 6 heteroatoms. The summed E-state index contributed by atoms with van der Waals surface area (Å²) in [4.78, 5) is 9.37. The molecule has 0 aliphatic rings. The number of fused-ring (bicyclic) bond motifs is 4. The molecule has 0 fully saturated rings. The van der Waals surface area contributed by atoms with E-state index in [1.54, 1.807) is 0 Å². The van der Waals surface area contributed by atoms with Crippen molar-refractivity contribution in [3.05, 3.63) is 387 Å². The van der Waals surface area contributed by atoms with Crippen LogP contribution in [0.5, 0.6) is 0 Å². The maximum atomic E-state index is 2.45. The van der Waals surface area contributed by atoms with Gasteiger partial charge < -0.3 is 28.7 Å². The number of benzene rings is 15. The van der Waals surface area contributed by atoms with Crippen LogP contribution in [0.3, 0.4) is 0 Å². The summed E-state index contributed by atoms with van der Waals surface area (Å²) in [5.74, 6) is 0. The van der Waals surface area contributed by atoms with Gasteiger partial charge in [-0.25, -0.2) is 0 Å². The van der Waals surface area contributed by atoms with E-state index in [4.69, 9.17) is 0 Å². The Kier molecular flexibility index (Phi) is 15.3. The molecular formula is C92H68N6. The first-order valence-corrected chi connectivity index (χ1v) is 33.5. The Bertz CT molecular complexity index is 5220. The summed E-state index contributed by atoms with van der Waals surface area (Å²) >= 11 is 0. The lowest BCUT2D eigenvalue weighted by Crippen LogP contribution is -2.12. The van der Waals surface area contributed by atoms with Crippen molar-refractivity contribution in [2.24, 2.45) is 0 Å². The van der Waals surface area contributed by atoms with Crippen LogP contribution in [0, 0.1) is 13.8 Å². The molecule has 466 valence electrons. The fraction of sp³-hybridized carbons (Fsp3) is 0.0217. The van der Waals surface area contributed by atoms with E-state index in [2.05, 4.69) is 419 Å². The summed E-state index contributed by atoms with van der Waals surface area (Å²) < 4.78 is 4.90. The summed E-state index contributed by atoms with van der Waals surface area (Å²) in [6.45, 7) is 4.31. The van der Waals surface area contributed by atoms with Gasteiger partial charge in [-0.15, -0.1) is 0 Å². The second-order valence-corrected chi connectivity index (χ2v) is 25.2. The van der Waals surface area contributed by atoms with Crippen molar-refractivity contribution in [3.8, 4) is 33.9 Å². The van der Waals surface area contributed by atoms with E-state index in [1.165, 1.54) is 32.7 Å². The lowest BCUT2D eigenvalue weighted by Gasteiger charge is -2.28. The third kappa shape index (κ3) is 11.3.